The Labute approximate surface area is 218 Å². The summed E-state index contributed by atoms with van der Waals surface area (Å²) in [6.45, 7) is 21.2. The van der Waals surface area contributed by atoms with Gasteiger partial charge in [0.1, 0.15) is 12.2 Å². The van der Waals surface area contributed by atoms with Crippen molar-refractivity contribution in [3.63, 3.8) is 0 Å². The maximum Gasteiger partial charge on any atom is 0.336 e. The second-order valence-electron chi connectivity index (χ2n) is 13.7. The van der Waals surface area contributed by atoms with Crippen molar-refractivity contribution in [2.75, 3.05) is 14.1 Å². The van der Waals surface area contributed by atoms with Crippen LogP contribution in [0.4, 0.5) is 0 Å². The van der Waals surface area contributed by atoms with Crippen molar-refractivity contribution in [2.24, 2.45) is 0 Å². The number of nitrogens with one attached hydrogen (secondary N) is 1. The van der Waals surface area contributed by atoms with Gasteiger partial charge in [0.2, 0.25) is 0 Å². The Balaban J connectivity index is 1.70. The van der Waals surface area contributed by atoms with Crippen LogP contribution in [0.5, 0.6) is 0 Å². The third-order valence-corrected chi connectivity index (χ3v) is 9.21. The zero-order valence-electron chi connectivity index (χ0n) is 24.7. The van der Waals surface area contributed by atoms with Gasteiger partial charge in [-0.2, -0.15) is 0 Å². The number of allylic oxidation sites excluding steroid dienone is 2. The topological polar surface area (TPSA) is 71.1 Å². The predicted molar refractivity (Wildman–Crippen MR) is 143 cm³/mol. The molecule has 204 valence electrons. The molecule has 7 heteroatoms. The Hall–Kier alpha value is -1.86. The summed E-state index contributed by atoms with van der Waals surface area (Å²) in [6.07, 6.45) is 2.94. The first-order valence-electron chi connectivity index (χ1n) is 13.3. The van der Waals surface area contributed by atoms with Gasteiger partial charge in [0.05, 0.1) is 11.1 Å². The van der Waals surface area contributed by atoms with Crippen LogP contribution >= 0.6 is 0 Å². The van der Waals surface area contributed by atoms with Gasteiger partial charge >= 0.3 is 11.9 Å². The second kappa shape index (κ2) is 9.46. The molecule has 0 radical (unpaired) electrons. The zero-order valence-corrected chi connectivity index (χ0v) is 24.7. The molecule has 0 unspecified atom stereocenters. The quantitative estimate of drug-likeness (QED) is 0.546. The summed E-state index contributed by atoms with van der Waals surface area (Å²) in [5.74, 6) is -0.693. The molecule has 7 nitrogen and oxygen atoms in total. The molecule has 3 aliphatic heterocycles. The third-order valence-electron chi connectivity index (χ3n) is 9.21. The molecule has 2 saturated heterocycles. The van der Waals surface area contributed by atoms with Gasteiger partial charge in [-0.25, -0.2) is 9.59 Å². The van der Waals surface area contributed by atoms with Crippen molar-refractivity contribution in [3.8, 4) is 0 Å². The van der Waals surface area contributed by atoms with Gasteiger partial charge in [0, 0.05) is 65.7 Å². The standard InChI is InChI=1S/C29H49N3O4/c1-18-22(24(33)35-20-14-26(3,4)31(11)27(5,6)15-20)13-23(19(2)30-18)25(34)36-21-16-28(7,8)32(12)29(9,10)17-21/h20-21,30H,13-17H2,1-12H3. The van der Waals surface area contributed by atoms with Crippen LogP contribution in [0, 0.1) is 0 Å². The SMILES string of the molecule is CC1=C(C(=O)OC2CC(C)(C)N(C)C(C)(C)C2)CC(C(=O)OC2CC(C)(C)N(C)C(C)(C)C2)=C(C)N1. The van der Waals surface area contributed by atoms with E-state index < -0.39 is 0 Å². The molecule has 0 saturated carbocycles. The van der Waals surface area contributed by atoms with Crippen LogP contribution in [0.2, 0.25) is 0 Å². The smallest absolute Gasteiger partial charge is 0.336 e. The largest absolute Gasteiger partial charge is 0.459 e. The Kier molecular flexibility index (Phi) is 7.55. The van der Waals surface area contributed by atoms with Crippen LogP contribution in [-0.2, 0) is 19.1 Å². The summed E-state index contributed by atoms with van der Waals surface area (Å²) < 4.78 is 12.1. The fraction of sp³-hybridized carbons (Fsp3) is 0.793. The molecule has 0 bridgehead atoms. The molecule has 0 atom stereocenters. The summed E-state index contributed by atoms with van der Waals surface area (Å²) in [6, 6.07) is 0. The van der Waals surface area contributed by atoms with E-state index in [1.165, 1.54) is 0 Å². The van der Waals surface area contributed by atoms with E-state index in [-0.39, 0.29) is 52.7 Å². The van der Waals surface area contributed by atoms with E-state index in [2.05, 4.69) is 84.6 Å². The molecular formula is C29H49N3O4. The van der Waals surface area contributed by atoms with Crippen molar-refractivity contribution < 1.29 is 19.1 Å². The summed E-state index contributed by atoms with van der Waals surface area (Å²) in [4.78, 5) is 31.4. The maximum atomic E-state index is 13.3. The highest BCUT2D eigenvalue weighted by Gasteiger charge is 2.46. The lowest BCUT2D eigenvalue weighted by Crippen LogP contribution is -2.60. The monoisotopic (exact) mass is 503 g/mol. The van der Waals surface area contributed by atoms with Gasteiger partial charge in [0.15, 0.2) is 0 Å². The average Bonchev–Trinajstić information content (AvgIpc) is 2.69. The molecule has 3 aliphatic rings. The van der Waals surface area contributed by atoms with E-state index >= 15 is 0 Å². The zero-order chi connectivity index (χ0) is 27.4. The average molecular weight is 504 g/mol. The fourth-order valence-electron chi connectivity index (χ4n) is 6.50. The lowest BCUT2D eigenvalue weighted by atomic mass is 9.78. The summed E-state index contributed by atoms with van der Waals surface area (Å²) in [5, 5.41) is 3.24. The lowest BCUT2D eigenvalue weighted by molar-refractivity contribution is -0.154. The Morgan fingerprint density at radius 2 is 0.944 bits per heavy atom. The third kappa shape index (κ3) is 5.67. The predicted octanol–water partition coefficient (Wildman–Crippen LogP) is 4.92. The molecule has 0 aliphatic carbocycles. The van der Waals surface area contributed by atoms with Crippen LogP contribution in [0.25, 0.3) is 0 Å². The summed E-state index contributed by atoms with van der Waals surface area (Å²) >= 11 is 0. The summed E-state index contributed by atoms with van der Waals surface area (Å²) in [5.41, 5.74) is 2.16. The first-order valence-corrected chi connectivity index (χ1v) is 13.3. The van der Waals surface area contributed by atoms with E-state index in [4.69, 9.17) is 9.47 Å². The lowest BCUT2D eigenvalue weighted by Gasteiger charge is -2.53. The highest BCUT2D eigenvalue weighted by molar-refractivity contribution is 5.96. The number of dihydropyridines is 1. The van der Waals surface area contributed by atoms with E-state index in [1.54, 1.807) is 0 Å². The molecule has 3 rings (SSSR count). The van der Waals surface area contributed by atoms with E-state index in [1.807, 2.05) is 13.8 Å². The highest BCUT2D eigenvalue weighted by Crippen LogP contribution is 2.40. The van der Waals surface area contributed by atoms with Gasteiger partial charge < -0.3 is 14.8 Å². The molecule has 2 fully saturated rings. The van der Waals surface area contributed by atoms with Crippen LogP contribution < -0.4 is 5.32 Å². The highest BCUT2D eigenvalue weighted by atomic mass is 16.5. The molecule has 3 heterocycles. The molecular weight excluding hydrogens is 454 g/mol. The van der Waals surface area contributed by atoms with Crippen molar-refractivity contribution in [1.82, 2.24) is 15.1 Å². The van der Waals surface area contributed by atoms with Crippen molar-refractivity contribution in [2.45, 2.75) is 136 Å². The number of carbonyl (C=O) groups excluding carboxylic acids is 2. The number of likely N-dealkylation sites (tertiary alicyclic amines) is 2. The maximum absolute atomic E-state index is 13.3. The van der Waals surface area contributed by atoms with Gasteiger partial charge in [-0.15, -0.1) is 0 Å². The van der Waals surface area contributed by atoms with Gasteiger partial charge in [-0.1, -0.05) is 0 Å². The number of ether oxygens (including phenoxy) is 2. The van der Waals surface area contributed by atoms with Crippen LogP contribution in [-0.4, -0.2) is 70.2 Å². The minimum absolute atomic E-state index is 0.0813. The number of piperidine rings is 2. The number of nitrogens with zero attached hydrogens (tertiary/aromatic N) is 2. The number of hydrogen-bond donors (Lipinski definition) is 1. The molecule has 36 heavy (non-hydrogen) atoms. The fourth-order valence-corrected chi connectivity index (χ4v) is 6.50. The second-order valence-corrected chi connectivity index (χ2v) is 13.7. The molecule has 0 aromatic carbocycles. The Bertz CT molecular complexity index is 861. The van der Waals surface area contributed by atoms with Gasteiger partial charge in [-0.3, -0.25) is 9.80 Å². The van der Waals surface area contributed by atoms with Crippen LogP contribution in [0.1, 0.15) is 101 Å². The van der Waals surface area contributed by atoms with Crippen molar-refractivity contribution in [1.29, 1.82) is 0 Å². The van der Waals surface area contributed by atoms with Gasteiger partial charge in [-0.05, 0) is 83.3 Å². The van der Waals surface area contributed by atoms with Gasteiger partial charge in [0.25, 0.3) is 0 Å². The number of hydrogen-bond acceptors (Lipinski definition) is 7. The minimum atomic E-state index is -0.347. The normalized spacial score (nSPS) is 27.0. The molecule has 1 N–H and O–H groups in total. The minimum Gasteiger partial charge on any atom is -0.459 e. The first kappa shape index (κ1) is 28.7. The Morgan fingerprint density at radius 3 is 1.22 bits per heavy atom. The van der Waals surface area contributed by atoms with E-state index in [0.717, 1.165) is 37.1 Å². The molecule has 0 aromatic rings. The molecule has 0 spiro atoms. The van der Waals surface area contributed by atoms with Crippen molar-refractivity contribution >= 4 is 11.9 Å². The number of esters is 2. The summed E-state index contributed by atoms with van der Waals surface area (Å²) in [7, 11) is 4.27. The molecule has 0 amide bonds. The number of rotatable bonds is 4. The van der Waals surface area contributed by atoms with Crippen LogP contribution in [0.15, 0.2) is 22.5 Å². The van der Waals surface area contributed by atoms with E-state index in [9.17, 15) is 9.59 Å². The first-order chi connectivity index (χ1) is 16.3. The van der Waals surface area contributed by atoms with Crippen LogP contribution in [0.3, 0.4) is 0 Å². The Morgan fingerprint density at radius 1 is 0.667 bits per heavy atom. The van der Waals surface area contributed by atoms with E-state index in [0.29, 0.717) is 11.1 Å². The van der Waals surface area contributed by atoms with Crippen molar-refractivity contribution in [3.05, 3.63) is 22.5 Å². The molecule has 0 aromatic heterocycles. The number of carbonyl (C=O) groups is 2.